The molecule has 0 unspecified atom stereocenters. The molecule has 18 heavy (non-hydrogen) atoms. The average molecular weight is 245 g/mol. The Hall–Kier alpha value is -2.30. The van der Waals surface area contributed by atoms with Crippen molar-refractivity contribution >= 4 is 5.91 Å². The van der Waals surface area contributed by atoms with Gasteiger partial charge >= 0.3 is 0 Å². The number of amides is 1. The van der Waals surface area contributed by atoms with Crippen molar-refractivity contribution in [3.05, 3.63) is 48.3 Å². The lowest BCUT2D eigenvalue weighted by atomic mass is 10.2. The minimum atomic E-state index is -0.0928. The molecule has 0 atom stereocenters. The lowest BCUT2D eigenvalue weighted by molar-refractivity contribution is 0.0952. The van der Waals surface area contributed by atoms with Crippen LogP contribution in [-0.4, -0.2) is 29.3 Å². The molecule has 94 valence electrons. The zero-order chi connectivity index (χ0) is 12.8. The molecular formula is C13H15N3O2. The predicted molar refractivity (Wildman–Crippen MR) is 67.6 cm³/mol. The highest BCUT2D eigenvalue weighted by Crippen LogP contribution is 2.10. The van der Waals surface area contributed by atoms with Gasteiger partial charge in [0.15, 0.2) is 0 Å². The lowest BCUT2D eigenvalue weighted by Gasteiger charge is -2.06. The van der Waals surface area contributed by atoms with Crippen molar-refractivity contribution < 1.29 is 9.53 Å². The molecular weight excluding hydrogens is 230 g/mol. The SMILES string of the molecule is COc1ccc(C(=O)NCCn2cccn2)cc1. The van der Waals surface area contributed by atoms with E-state index in [4.69, 9.17) is 4.74 Å². The summed E-state index contributed by atoms with van der Waals surface area (Å²) < 4.78 is 6.81. The minimum Gasteiger partial charge on any atom is -0.497 e. The van der Waals surface area contributed by atoms with E-state index in [1.807, 2.05) is 12.3 Å². The second-order valence-corrected chi connectivity index (χ2v) is 3.75. The van der Waals surface area contributed by atoms with Crippen LogP contribution < -0.4 is 10.1 Å². The van der Waals surface area contributed by atoms with Crippen molar-refractivity contribution in [1.82, 2.24) is 15.1 Å². The second-order valence-electron chi connectivity index (χ2n) is 3.75. The summed E-state index contributed by atoms with van der Waals surface area (Å²) in [6.45, 7) is 1.21. The zero-order valence-electron chi connectivity index (χ0n) is 10.2. The first-order valence-electron chi connectivity index (χ1n) is 5.69. The Bertz CT molecular complexity index is 491. The number of carbonyl (C=O) groups excluding carboxylic acids is 1. The fourth-order valence-electron chi connectivity index (χ4n) is 1.56. The van der Waals surface area contributed by atoms with Gasteiger partial charge in [-0.25, -0.2) is 0 Å². The molecule has 0 aliphatic rings. The molecule has 1 N–H and O–H groups in total. The third kappa shape index (κ3) is 3.10. The van der Waals surface area contributed by atoms with Gasteiger partial charge in [0, 0.05) is 24.5 Å². The maximum absolute atomic E-state index is 11.8. The van der Waals surface area contributed by atoms with Gasteiger partial charge in [-0.2, -0.15) is 5.10 Å². The van der Waals surface area contributed by atoms with E-state index in [0.717, 1.165) is 5.75 Å². The number of nitrogens with one attached hydrogen (secondary N) is 1. The molecule has 1 amide bonds. The lowest BCUT2D eigenvalue weighted by Crippen LogP contribution is -2.27. The molecule has 1 aromatic heterocycles. The van der Waals surface area contributed by atoms with Crippen LogP contribution in [0.4, 0.5) is 0 Å². The normalized spacial score (nSPS) is 10.1. The van der Waals surface area contributed by atoms with Crippen LogP contribution in [0.1, 0.15) is 10.4 Å². The topological polar surface area (TPSA) is 56.1 Å². The molecule has 0 fully saturated rings. The summed E-state index contributed by atoms with van der Waals surface area (Å²) >= 11 is 0. The van der Waals surface area contributed by atoms with Crippen LogP contribution in [0.2, 0.25) is 0 Å². The molecule has 0 saturated heterocycles. The summed E-state index contributed by atoms with van der Waals surface area (Å²) in [6, 6.07) is 8.86. The van der Waals surface area contributed by atoms with Crippen molar-refractivity contribution in [1.29, 1.82) is 0 Å². The quantitative estimate of drug-likeness (QED) is 0.864. The third-order valence-corrected chi connectivity index (χ3v) is 2.54. The Morgan fingerprint density at radius 1 is 1.39 bits per heavy atom. The molecule has 2 aromatic rings. The molecule has 0 aliphatic carbocycles. The van der Waals surface area contributed by atoms with E-state index in [1.54, 1.807) is 42.3 Å². The van der Waals surface area contributed by atoms with Gasteiger partial charge < -0.3 is 10.1 Å². The molecule has 0 bridgehead atoms. The van der Waals surface area contributed by atoms with Gasteiger partial charge in [-0.1, -0.05) is 0 Å². The summed E-state index contributed by atoms with van der Waals surface area (Å²) in [6.07, 6.45) is 3.57. The van der Waals surface area contributed by atoms with Crippen molar-refractivity contribution in [2.45, 2.75) is 6.54 Å². The maximum Gasteiger partial charge on any atom is 0.251 e. The standard InChI is InChI=1S/C13H15N3O2/c1-18-12-5-3-11(4-6-12)13(17)14-8-10-16-9-2-7-15-16/h2-7,9H,8,10H2,1H3,(H,14,17). The summed E-state index contributed by atoms with van der Waals surface area (Å²) in [7, 11) is 1.60. The number of hydrogen-bond acceptors (Lipinski definition) is 3. The maximum atomic E-state index is 11.8. The largest absolute Gasteiger partial charge is 0.497 e. The molecule has 0 saturated carbocycles. The fraction of sp³-hybridized carbons (Fsp3) is 0.231. The number of hydrogen-bond donors (Lipinski definition) is 1. The van der Waals surface area contributed by atoms with E-state index in [9.17, 15) is 4.79 Å². The number of benzene rings is 1. The first-order chi connectivity index (χ1) is 8.79. The van der Waals surface area contributed by atoms with E-state index < -0.39 is 0 Å². The van der Waals surface area contributed by atoms with Crippen molar-refractivity contribution in [2.24, 2.45) is 0 Å². The zero-order valence-corrected chi connectivity index (χ0v) is 10.2. The highest BCUT2D eigenvalue weighted by Gasteiger charge is 2.04. The molecule has 1 aromatic carbocycles. The average Bonchev–Trinajstić information content (AvgIpc) is 2.92. The van der Waals surface area contributed by atoms with Crippen LogP contribution in [0.15, 0.2) is 42.7 Å². The highest BCUT2D eigenvalue weighted by molar-refractivity contribution is 5.94. The molecule has 0 radical (unpaired) electrons. The smallest absolute Gasteiger partial charge is 0.251 e. The number of nitrogens with zero attached hydrogens (tertiary/aromatic N) is 2. The molecule has 0 spiro atoms. The van der Waals surface area contributed by atoms with Gasteiger partial charge in [0.1, 0.15) is 5.75 Å². The van der Waals surface area contributed by atoms with Gasteiger partial charge in [0.2, 0.25) is 0 Å². The van der Waals surface area contributed by atoms with Crippen LogP contribution >= 0.6 is 0 Å². The number of aromatic nitrogens is 2. The van der Waals surface area contributed by atoms with Gasteiger partial charge in [0.05, 0.1) is 13.7 Å². The minimum absolute atomic E-state index is 0.0928. The first kappa shape index (κ1) is 12.2. The van der Waals surface area contributed by atoms with E-state index in [0.29, 0.717) is 18.7 Å². The Morgan fingerprint density at radius 2 is 2.17 bits per heavy atom. The number of methoxy groups -OCH3 is 1. The van der Waals surface area contributed by atoms with E-state index in [2.05, 4.69) is 10.4 Å². The Morgan fingerprint density at radius 3 is 2.78 bits per heavy atom. The fourth-order valence-corrected chi connectivity index (χ4v) is 1.56. The van der Waals surface area contributed by atoms with Gasteiger partial charge in [0.25, 0.3) is 5.91 Å². The third-order valence-electron chi connectivity index (χ3n) is 2.54. The Labute approximate surface area is 105 Å². The molecule has 2 rings (SSSR count). The molecule has 0 aliphatic heterocycles. The molecule has 5 heteroatoms. The summed E-state index contributed by atoms with van der Waals surface area (Å²) in [5, 5.41) is 6.89. The number of rotatable bonds is 5. The second kappa shape index (κ2) is 5.86. The predicted octanol–water partition coefficient (Wildman–Crippen LogP) is 1.32. The summed E-state index contributed by atoms with van der Waals surface area (Å²) in [4.78, 5) is 11.8. The van der Waals surface area contributed by atoms with Gasteiger partial charge in [-0.15, -0.1) is 0 Å². The van der Waals surface area contributed by atoms with E-state index in [1.165, 1.54) is 0 Å². The Kier molecular flexibility index (Phi) is 3.96. The van der Waals surface area contributed by atoms with Crippen molar-refractivity contribution in [3.63, 3.8) is 0 Å². The van der Waals surface area contributed by atoms with E-state index in [-0.39, 0.29) is 5.91 Å². The van der Waals surface area contributed by atoms with E-state index >= 15 is 0 Å². The summed E-state index contributed by atoms with van der Waals surface area (Å²) in [5.41, 5.74) is 0.622. The van der Waals surface area contributed by atoms with Gasteiger partial charge in [-0.05, 0) is 30.3 Å². The van der Waals surface area contributed by atoms with Crippen molar-refractivity contribution in [2.75, 3.05) is 13.7 Å². The molecule has 1 heterocycles. The monoisotopic (exact) mass is 245 g/mol. The van der Waals surface area contributed by atoms with Gasteiger partial charge in [-0.3, -0.25) is 9.48 Å². The van der Waals surface area contributed by atoms with Crippen LogP contribution in [0.3, 0.4) is 0 Å². The van der Waals surface area contributed by atoms with Crippen LogP contribution in [0.25, 0.3) is 0 Å². The van der Waals surface area contributed by atoms with Crippen LogP contribution in [0, 0.1) is 0 Å². The van der Waals surface area contributed by atoms with Crippen molar-refractivity contribution in [3.8, 4) is 5.75 Å². The number of carbonyl (C=O) groups is 1. The first-order valence-corrected chi connectivity index (χ1v) is 5.69. The number of ether oxygens (including phenoxy) is 1. The van der Waals surface area contributed by atoms with Crippen LogP contribution in [0.5, 0.6) is 5.75 Å². The van der Waals surface area contributed by atoms with Crippen LogP contribution in [-0.2, 0) is 6.54 Å². The molecule has 5 nitrogen and oxygen atoms in total. The highest BCUT2D eigenvalue weighted by atomic mass is 16.5. The Balaban J connectivity index is 1.83. The summed E-state index contributed by atoms with van der Waals surface area (Å²) in [5.74, 6) is 0.646.